The summed E-state index contributed by atoms with van der Waals surface area (Å²) in [5, 5.41) is 18.7. The Morgan fingerprint density at radius 2 is 1.66 bits per heavy atom. The van der Waals surface area contributed by atoms with Gasteiger partial charge in [-0.15, -0.1) is 0 Å². The van der Waals surface area contributed by atoms with Crippen LogP contribution in [0.1, 0.15) is 39.2 Å². The Balaban J connectivity index is 2.61. The van der Waals surface area contributed by atoms with Gasteiger partial charge in [0.2, 0.25) is 17.7 Å². The van der Waals surface area contributed by atoms with Gasteiger partial charge in [-0.3, -0.25) is 14.4 Å². The van der Waals surface area contributed by atoms with Gasteiger partial charge in [-0.05, 0) is 31.2 Å². The maximum atomic E-state index is 12.8. The summed E-state index contributed by atoms with van der Waals surface area (Å²) in [7, 11) is 0. The topological polar surface area (TPSA) is 172 Å². The molecule has 12 heteroatoms. The predicted octanol–water partition coefficient (Wildman–Crippen LogP) is 0.0736. The first kappa shape index (κ1) is 32.5. The molecule has 0 aliphatic carbocycles. The number of ether oxygens (including phenoxy) is 2. The number of aliphatic hydroxyl groups is 1. The number of aldehydes is 1. The van der Waals surface area contributed by atoms with Crippen LogP contribution in [0.3, 0.4) is 0 Å². The van der Waals surface area contributed by atoms with Crippen LogP contribution >= 0.6 is 0 Å². The first-order valence-electron chi connectivity index (χ1n) is 12.6. The fourth-order valence-electron chi connectivity index (χ4n) is 3.32. The number of alkyl carbamates (subject to hydrolysis) is 1. The monoisotopic (exact) mass is 536 g/mol. The molecule has 1 aromatic carbocycles. The van der Waals surface area contributed by atoms with E-state index in [4.69, 9.17) is 14.6 Å². The molecule has 212 valence electrons. The Labute approximate surface area is 223 Å². The summed E-state index contributed by atoms with van der Waals surface area (Å²) >= 11 is 0. The Kier molecular flexibility index (Phi) is 16.0. The molecule has 0 heterocycles. The summed E-state index contributed by atoms with van der Waals surface area (Å²) in [5.41, 5.74) is 0.779. The number of nitrogens with one attached hydrogen (secondary N) is 4. The lowest BCUT2D eigenvalue weighted by molar-refractivity contribution is -0.130. The quantitative estimate of drug-likeness (QED) is 0.130. The second-order valence-electron chi connectivity index (χ2n) is 9.10. The fourth-order valence-corrected chi connectivity index (χ4v) is 3.32. The van der Waals surface area contributed by atoms with Crippen molar-refractivity contribution in [1.82, 2.24) is 21.3 Å². The minimum Gasteiger partial charge on any atom is -0.447 e. The average molecular weight is 537 g/mol. The lowest BCUT2D eigenvalue weighted by atomic mass is 10.0. The van der Waals surface area contributed by atoms with Gasteiger partial charge in [0.05, 0.1) is 19.2 Å². The molecular weight excluding hydrogens is 496 g/mol. The zero-order valence-corrected chi connectivity index (χ0v) is 22.2. The van der Waals surface area contributed by atoms with Crippen molar-refractivity contribution in [2.24, 2.45) is 5.92 Å². The molecule has 5 N–H and O–H groups in total. The Bertz CT molecular complexity index is 881. The number of hydrogen-bond donors (Lipinski definition) is 5. The molecule has 12 nitrogen and oxygen atoms in total. The van der Waals surface area contributed by atoms with Crippen LogP contribution in [-0.4, -0.2) is 86.3 Å². The number of amides is 4. The molecular formula is C26H40N4O8. The van der Waals surface area contributed by atoms with Gasteiger partial charge in [0.15, 0.2) is 0 Å². The van der Waals surface area contributed by atoms with Gasteiger partial charge >= 0.3 is 6.09 Å². The number of benzene rings is 1. The standard InChI is InChI=1S/C26H40N4O8/c1-18(2)14-21(17-32)29-24(34)19(3)28-23(33)16-27-25(35)22(15-20-8-5-4-6-9-20)30-26(36)38-13-12-37-11-7-10-31/h4-6,8-9,17-19,21-22,31H,7,10-16H2,1-3H3,(H,27,35)(H,28,33)(H,29,34)(H,30,36)/t19-,21-,22-/m0/s1. The minimum absolute atomic E-state index is 0.000679. The smallest absolute Gasteiger partial charge is 0.407 e. The van der Waals surface area contributed by atoms with E-state index in [2.05, 4.69) is 21.3 Å². The van der Waals surface area contributed by atoms with Gasteiger partial charge in [-0.1, -0.05) is 44.2 Å². The van der Waals surface area contributed by atoms with Crippen molar-refractivity contribution in [3.8, 4) is 0 Å². The van der Waals surface area contributed by atoms with Crippen molar-refractivity contribution in [2.75, 3.05) is 33.0 Å². The van der Waals surface area contributed by atoms with Gasteiger partial charge in [-0.25, -0.2) is 4.79 Å². The summed E-state index contributed by atoms with van der Waals surface area (Å²) in [6, 6.07) is 6.38. The molecule has 3 atom stereocenters. The van der Waals surface area contributed by atoms with E-state index in [1.54, 1.807) is 24.3 Å². The van der Waals surface area contributed by atoms with Crippen LogP contribution in [0, 0.1) is 5.92 Å². The SMILES string of the molecule is CC(C)C[C@@H](C=O)NC(=O)[C@H](C)NC(=O)CNC(=O)[C@H](Cc1ccccc1)NC(=O)OCCOCCCO. The van der Waals surface area contributed by atoms with Crippen LogP contribution in [0.5, 0.6) is 0 Å². The molecule has 1 rings (SSSR count). The van der Waals surface area contributed by atoms with Crippen LogP contribution in [0.15, 0.2) is 30.3 Å². The molecule has 0 radical (unpaired) electrons. The maximum absolute atomic E-state index is 12.8. The molecule has 0 aliphatic rings. The molecule has 0 saturated heterocycles. The highest BCUT2D eigenvalue weighted by Crippen LogP contribution is 2.05. The second kappa shape index (κ2) is 18.7. The predicted molar refractivity (Wildman–Crippen MR) is 139 cm³/mol. The van der Waals surface area contributed by atoms with E-state index in [-0.39, 0.29) is 32.2 Å². The van der Waals surface area contributed by atoms with E-state index in [1.807, 2.05) is 19.9 Å². The van der Waals surface area contributed by atoms with Gasteiger partial charge in [-0.2, -0.15) is 0 Å². The zero-order valence-electron chi connectivity index (χ0n) is 22.2. The van der Waals surface area contributed by atoms with Gasteiger partial charge in [0.1, 0.15) is 25.0 Å². The molecule has 4 amide bonds. The van der Waals surface area contributed by atoms with E-state index < -0.39 is 48.5 Å². The van der Waals surface area contributed by atoms with E-state index in [1.165, 1.54) is 6.92 Å². The van der Waals surface area contributed by atoms with Gasteiger partial charge in [0.25, 0.3) is 0 Å². The van der Waals surface area contributed by atoms with Crippen LogP contribution in [-0.2, 0) is 35.1 Å². The molecule has 0 aromatic heterocycles. The van der Waals surface area contributed by atoms with Crippen molar-refractivity contribution >= 4 is 30.1 Å². The van der Waals surface area contributed by atoms with E-state index in [0.29, 0.717) is 25.7 Å². The third kappa shape index (κ3) is 14.3. The molecule has 0 spiro atoms. The highest BCUT2D eigenvalue weighted by Gasteiger charge is 2.24. The normalized spacial score (nSPS) is 13.1. The lowest BCUT2D eigenvalue weighted by Gasteiger charge is -2.20. The molecule has 0 saturated carbocycles. The van der Waals surface area contributed by atoms with Crippen molar-refractivity contribution in [3.63, 3.8) is 0 Å². The molecule has 0 bridgehead atoms. The summed E-state index contributed by atoms with van der Waals surface area (Å²) in [6.07, 6.45) is 0.925. The largest absolute Gasteiger partial charge is 0.447 e. The summed E-state index contributed by atoms with van der Waals surface area (Å²) < 4.78 is 10.2. The van der Waals surface area contributed by atoms with Gasteiger partial charge in [0, 0.05) is 19.6 Å². The number of carbonyl (C=O) groups is 5. The number of aliphatic hydroxyl groups excluding tert-OH is 1. The first-order chi connectivity index (χ1) is 18.2. The van der Waals surface area contributed by atoms with Crippen LogP contribution in [0.4, 0.5) is 4.79 Å². The lowest BCUT2D eigenvalue weighted by Crippen LogP contribution is -2.53. The third-order valence-corrected chi connectivity index (χ3v) is 5.21. The van der Waals surface area contributed by atoms with Crippen LogP contribution < -0.4 is 21.3 Å². The Morgan fingerprint density at radius 3 is 2.29 bits per heavy atom. The highest BCUT2D eigenvalue weighted by atomic mass is 16.6. The summed E-state index contributed by atoms with van der Waals surface area (Å²) in [6.45, 7) is 5.31. The summed E-state index contributed by atoms with van der Waals surface area (Å²) in [4.78, 5) is 60.8. The van der Waals surface area contributed by atoms with Gasteiger partial charge < -0.3 is 40.6 Å². The first-order valence-corrected chi connectivity index (χ1v) is 12.6. The van der Waals surface area contributed by atoms with Crippen LogP contribution in [0.25, 0.3) is 0 Å². The van der Waals surface area contributed by atoms with Crippen molar-refractivity contribution < 1.29 is 38.6 Å². The molecule has 0 unspecified atom stereocenters. The number of hydrogen-bond acceptors (Lipinski definition) is 8. The fraction of sp³-hybridized carbons (Fsp3) is 0.577. The molecule has 0 fully saturated rings. The molecule has 0 aliphatic heterocycles. The van der Waals surface area contributed by atoms with Crippen molar-refractivity contribution in [2.45, 2.75) is 58.2 Å². The average Bonchev–Trinajstić information content (AvgIpc) is 2.88. The van der Waals surface area contributed by atoms with E-state index in [9.17, 15) is 24.0 Å². The number of rotatable bonds is 18. The highest BCUT2D eigenvalue weighted by molar-refractivity contribution is 5.92. The van der Waals surface area contributed by atoms with Crippen LogP contribution in [0.2, 0.25) is 0 Å². The van der Waals surface area contributed by atoms with Crippen molar-refractivity contribution in [3.05, 3.63) is 35.9 Å². The van der Waals surface area contributed by atoms with Crippen molar-refractivity contribution in [1.29, 1.82) is 0 Å². The number of carbonyl (C=O) groups excluding carboxylic acids is 5. The maximum Gasteiger partial charge on any atom is 0.407 e. The zero-order chi connectivity index (χ0) is 28.3. The Hall–Kier alpha value is -3.51. The molecule has 1 aromatic rings. The third-order valence-electron chi connectivity index (χ3n) is 5.21. The Morgan fingerprint density at radius 1 is 0.947 bits per heavy atom. The second-order valence-corrected chi connectivity index (χ2v) is 9.10. The van der Waals surface area contributed by atoms with E-state index >= 15 is 0 Å². The minimum atomic E-state index is -1.03. The molecule has 38 heavy (non-hydrogen) atoms. The summed E-state index contributed by atoms with van der Waals surface area (Å²) in [5.74, 6) is -1.55. The van der Waals surface area contributed by atoms with E-state index in [0.717, 1.165) is 5.56 Å².